The Bertz CT molecular complexity index is 315. The number of aryl methyl sites for hydroxylation is 1. The van der Waals surface area contributed by atoms with E-state index in [9.17, 15) is 9.50 Å². The van der Waals surface area contributed by atoms with Crippen LogP contribution in [0, 0.1) is 12.7 Å². The van der Waals surface area contributed by atoms with Gasteiger partial charge in [-0.15, -0.1) is 0 Å². The zero-order valence-corrected chi connectivity index (χ0v) is 9.78. The van der Waals surface area contributed by atoms with Crippen LogP contribution in [0.3, 0.4) is 0 Å². The van der Waals surface area contributed by atoms with Crippen molar-refractivity contribution in [3.8, 4) is 5.75 Å². The van der Waals surface area contributed by atoms with Crippen molar-refractivity contribution >= 4 is 15.9 Å². The van der Waals surface area contributed by atoms with E-state index in [2.05, 4.69) is 21.2 Å². The van der Waals surface area contributed by atoms with Gasteiger partial charge in [-0.25, -0.2) is 4.39 Å². The number of halogens is 2. The van der Waals surface area contributed by atoms with Gasteiger partial charge in [0.05, 0.1) is 4.47 Å². The number of benzene rings is 1. The summed E-state index contributed by atoms with van der Waals surface area (Å²) in [5, 5.41) is 12.5. The molecule has 0 aliphatic rings. The van der Waals surface area contributed by atoms with Crippen LogP contribution in [0.1, 0.15) is 11.1 Å². The Morgan fingerprint density at radius 1 is 1.57 bits per heavy atom. The Labute approximate surface area is 91.3 Å². The van der Waals surface area contributed by atoms with Crippen molar-refractivity contribution in [3.63, 3.8) is 0 Å². The standard InChI is InChI=1S/C10H13BrFNO/c1-6-5-8(11)10(14)7(9(6)12)3-4-13-2/h5,13-14H,3-4H2,1-2H3. The van der Waals surface area contributed by atoms with Crippen LogP contribution in [0.15, 0.2) is 10.5 Å². The summed E-state index contributed by atoms with van der Waals surface area (Å²) < 4.78 is 14.1. The number of likely N-dealkylation sites (N-methyl/N-ethyl adjacent to an activating group) is 1. The first-order chi connectivity index (χ1) is 6.57. The molecule has 0 amide bonds. The molecule has 0 saturated carbocycles. The van der Waals surface area contributed by atoms with Gasteiger partial charge < -0.3 is 10.4 Å². The monoisotopic (exact) mass is 261 g/mol. The molecule has 0 aliphatic carbocycles. The average Bonchev–Trinajstić information content (AvgIpc) is 2.15. The number of hydrogen-bond donors (Lipinski definition) is 2. The maximum atomic E-state index is 13.6. The maximum Gasteiger partial charge on any atom is 0.135 e. The van der Waals surface area contributed by atoms with E-state index in [1.807, 2.05) is 0 Å². The maximum absolute atomic E-state index is 13.6. The molecule has 14 heavy (non-hydrogen) atoms. The summed E-state index contributed by atoms with van der Waals surface area (Å²) in [6, 6.07) is 1.58. The SMILES string of the molecule is CNCCc1c(O)c(Br)cc(C)c1F. The van der Waals surface area contributed by atoms with Gasteiger partial charge in [0.1, 0.15) is 11.6 Å². The Morgan fingerprint density at radius 3 is 2.79 bits per heavy atom. The molecule has 0 fully saturated rings. The molecule has 1 aromatic rings. The average molecular weight is 262 g/mol. The lowest BCUT2D eigenvalue weighted by molar-refractivity contribution is 0.453. The second-order valence-electron chi connectivity index (χ2n) is 3.17. The highest BCUT2D eigenvalue weighted by molar-refractivity contribution is 9.10. The highest BCUT2D eigenvalue weighted by Gasteiger charge is 2.13. The van der Waals surface area contributed by atoms with Crippen LogP contribution < -0.4 is 5.32 Å². The molecule has 0 radical (unpaired) electrons. The molecule has 2 nitrogen and oxygen atoms in total. The molecule has 0 atom stereocenters. The first-order valence-electron chi connectivity index (χ1n) is 4.39. The van der Waals surface area contributed by atoms with E-state index < -0.39 is 0 Å². The van der Waals surface area contributed by atoms with Crippen molar-refractivity contribution in [1.29, 1.82) is 0 Å². The fourth-order valence-electron chi connectivity index (χ4n) is 1.29. The van der Waals surface area contributed by atoms with Gasteiger partial charge in [-0.3, -0.25) is 0 Å². The summed E-state index contributed by atoms with van der Waals surface area (Å²) >= 11 is 3.19. The number of phenolic OH excluding ortho intramolecular Hbond substituents is 1. The molecular formula is C10H13BrFNO. The molecule has 0 heterocycles. The van der Waals surface area contributed by atoms with Crippen molar-refractivity contribution < 1.29 is 9.50 Å². The second kappa shape index (κ2) is 4.75. The van der Waals surface area contributed by atoms with Crippen LogP contribution in [-0.2, 0) is 6.42 Å². The van der Waals surface area contributed by atoms with E-state index in [4.69, 9.17) is 0 Å². The van der Waals surface area contributed by atoms with Crippen molar-refractivity contribution in [2.75, 3.05) is 13.6 Å². The molecule has 78 valence electrons. The van der Waals surface area contributed by atoms with Crippen molar-refractivity contribution in [3.05, 3.63) is 27.5 Å². The molecule has 1 rings (SSSR count). The van der Waals surface area contributed by atoms with E-state index in [-0.39, 0.29) is 11.6 Å². The van der Waals surface area contributed by atoms with Crippen LogP contribution in [0.4, 0.5) is 4.39 Å². The molecule has 0 bridgehead atoms. The van der Waals surface area contributed by atoms with Crippen LogP contribution >= 0.6 is 15.9 Å². The third-order valence-electron chi connectivity index (χ3n) is 2.09. The third kappa shape index (κ3) is 2.25. The summed E-state index contributed by atoms with van der Waals surface area (Å²) in [4.78, 5) is 0. The van der Waals surface area contributed by atoms with Crippen molar-refractivity contribution in [2.45, 2.75) is 13.3 Å². The summed E-state index contributed by atoms with van der Waals surface area (Å²) in [6.45, 7) is 2.32. The highest BCUT2D eigenvalue weighted by atomic mass is 79.9. The van der Waals surface area contributed by atoms with E-state index >= 15 is 0 Å². The smallest absolute Gasteiger partial charge is 0.135 e. The molecule has 0 spiro atoms. The van der Waals surface area contributed by atoms with E-state index in [0.29, 0.717) is 28.6 Å². The summed E-state index contributed by atoms with van der Waals surface area (Å²) in [5.41, 5.74) is 0.909. The van der Waals surface area contributed by atoms with Gasteiger partial charge >= 0.3 is 0 Å². The third-order valence-corrected chi connectivity index (χ3v) is 2.70. The molecule has 0 aromatic heterocycles. The highest BCUT2D eigenvalue weighted by Crippen LogP contribution is 2.32. The van der Waals surface area contributed by atoms with Gasteiger partial charge in [0.2, 0.25) is 0 Å². The zero-order chi connectivity index (χ0) is 10.7. The lowest BCUT2D eigenvalue weighted by atomic mass is 10.1. The quantitative estimate of drug-likeness (QED) is 0.876. The molecule has 4 heteroatoms. The van der Waals surface area contributed by atoms with E-state index in [1.165, 1.54) is 0 Å². The minimum atomic E-state index is -0.319. The van der Waals surface area contributed by atoms with Gasteiger partial charge in [0.15, 0.2) is 0 Å². The first-order valence-corrected chi connectivity index (χ1v) is 5.18. The zero-order valence-electron chi connectivity index (χ0n) is 8.19. The molecule has 0 saturated heterocycles. The number of hydrogen-bond acceptors (Lipinski definition) is 2. The van der Waals surface area contributed by atoms with E-state index in [0.717, 1.165) is 0 Å². The predicted molar refractivity (Wildman–Crippen MR) is 58.1 cm³/mol. The molecule has 2 N–H and O–H groups in total. The lowest BCUT2D eigenvalue weighted by Gasteiger charge is -2.09. The topological polar surface area (TPSA) is 32.3 Å². The summed E-state index contributed by atoms with van der Waals surface area (Å²) in [6.07, 6.45) is 0.481. The van der Waals surface area contributed by atoms with Crippen LogP contribution in [0.25, 0.3) is 0 Å². The second-order valence-corrected chi connectivity index (χ2v) is 4.02. The van der Waals surface area contributed by atoms with Crippen LogP contribution in [0.5, 0.6) is 5.75 Å². The Balaban J connectivity index is 3.11. The molecule has 0 unspecified atom stereocenters. The predicted octanol–water partition coefficient (Wildman–Crippen LogP) is 2.36. The minimum Gasteiger partial charge on any atom is -0.506 e. The number of aromatic hydroxyl groups is 1. The molecular weight excluding hydrogens is 249 g/mol. The Morgan fingerprint density at radius 2 is 2.21 bits per heavy atom. The summed E-state index contributed by atoms with van der Waals surface area (Å²) in [5.74, 6) is -0.315. The van der Waals surface area contributed by atoms with Crippen LogP contribution in [0.2, 0.25) is 0 Å². The Hall–Kier alpha value is -0.610. The number of rotatable bonds is 3. The van der Waals surface area contributed by atoms with Crippen molar-refractivity contribution in [2.24, 2.45) is 0 Å². The number of phenols is 1. The lowest BCUT2D eigenvalue weighted by Crippen LogP contribution is -2.11. The van der Waals surface area contributed by atoms with Crippen molar-refractivity contribution in [1.82, 2.24) is 5.32 Å². The van der Waals surface area contributed by atoms with Gasteiger partial charge in [0, 0.05) is 5.56 Å². The Kier molecular flexibility index (Phi) is 3.89. The minimum absolute atomic E-state index is 0.00310. The first kappa shape index (κ1) is 11.5. The summed E-state index contributed by atoms with van der Waals surface area (Å²) in [7, 11) is 1.79. The van der Waals surface area contributed by atoms with Gasteiger partial charge in [-0.2, -0.15) is 0 Å². The normalized spacial score (nSPS) is 10.6. The fourth-order valence-corrected chi connectivity index (χ4v) is 1.87. The van der Waals surface area contributed by atoms with Crippen LogP contribution in [-0.4, -0.2) is 18.7 Å². The molecule has 0 aliphatic heterocycles. The van der Waals surface area contributed by atoms with Gasteiger partial charge in [-0.05, 0) is 54.5 Å². The largest absolute Gasteiger partial charge is 0.506 e. The molecule has 1 aromatic carbocycles. The van der Waals surface area contributed by atoms with Gasteiger partial charge in [0.25, 0.3) is 0 Å². The fraction of sp³-hybridized carbons (Fsp3) is 0.400. The van der Waals surface area contributed by atoms with E-state index in [1.54, 1.807) is 20.0 Å². The van der Waals surface area contributed by atoms with Gasteiger partial charge in [-0.1, -0.05) is 0 Å². The number of nitrogens with one attached hydrogen (secondary N) is 1.